The predicted molar refractivity (Wildman–Crippen MR) is 105 cm³/mol. The van der Waals surface area contributed by atoms with E-state index < -0.39 is 11.6 Å². The third-order valence-electron chi connectivity index (χ3n) is 5.25. The number of hydrogen-bond donors (Lipinski definition) is 1. The third-order valence-corrected chi connectivity index (χ3v) is 5.25. The molecule has 0 saturated carbocycles. The molecule has 0 aliphatic heterocycles. The Labute approximate surface area is 166 Å². The molecule has 1 unspecified atom stereocenters. The number of aryl methyl sites for hydroxylation is 1. The maximum Gasteiger partial charge on any atom is 0.220 e. The molecule has 2 N–H and O–H groups in total. The van der Waals surface area contributed by atoms with E-state index in [1.807, 2.05) is 0 Å². The van der Waals surface area contributed by atoms with Gasteiger partial charge < -0.3 is 10.5 Å². The lowest BCUT2D eigenvalue weighted by molar-refractivity contribution is 0.0962. The van der Waals surface area contributed by atoms with Crippen molar-refractivity contribution in [2.75, 3.05) is 12.8 Å². The van der Waals surface area contributed by atoms with E-state index in [0.717, 1.165) is 0 Å². The van der Waals surface area contributed by atoms with Gasteiger partial charge in [0.15, 0.2) is 5.78 Å². The lowest BCUT2D eigenvalue weighted by Gasteiger charge is -2.26. The summed E-state index contributed by atoms with van der Waals surface area (Å²) in [6.45, 7) is 1.73. The molecule has 0 bridgehead atoms. The van der Waals surface area contributed by atoms with Gasteiger partial charge in [0, 0.05) is 12.0 Å². The number of carbonyl (C=O) groups excluding carboxylic acids is 1. The molecule has 0 amide bonds. The van der Waals surface area contributed by atoms with Crippen LogP contribution in [-0.4, -0.2) is 22.9 Å². The van der Waals surface area contributed by atoms with Crippen molar-refractivity contribution >= 4 is 11.7 Å². The van der Waals surface area contributed by atoms with Gasteiger partial charge in [0.1, 0.15) is 17.4 Å². The van der Waals surface area contributed by atoms with E-state index in [4.69, 9.17) is 10.5 Å². The first-order valence-electron chi connectivity index (χ1n) is 9.17. The zero-order chi connectivity index (χ0) is 20.7. The van der Waals surface area contributed by atoms with Gasteiger partial charge >= 0.3 is 0 Å². The fourth-order valence-electron chi connectivity index (χ4n) is 3.97. The van der Waals surface area contributed by atoms with E-state index in [1.165, 1.54) is 37.4 Å². The number of Topliss-reactive ketones (excluding diaryl/α,β-unsaturated/α-hetero) is 1. The summed E-state index contributed by atoms with van der Waals surface area (Å²) in [5.74, 6) is -0.816. The maximum absolute atomic E-state index is 14.6. The first-order valence-corrected chi connectivity index (χ1v) is 9.17. The van der Waals surface area contributed by atoms with Crippen molar-refractivity contribution in [3.63, 3.8) is 0 Å². The molecule has 1 aliphatic carbocycles. The summed E-state index contributed by atoms with van der Waals surface area (Å²) in [5.41, 5.74) is 8.65. The molecule has 0 radical (unpaired) electrons. The van der Waals surface area contributed by atoms with Crippen LogP contribution in [0.4, 0.5) is 14.7 Å². The van der Waals surface area contributed by atoms with Crippen LogP contribution < -0.4 is 10.5 Å². The summed E-state index contributed by atoms with van der Waals surface area (Å²) in [6.07, 6.45) is 0.629. The van der Waals surface area contributed by atoms with Gasteiger partial charge in [0.2, 0.25) is 5.95 Å². The molecule has 7 heteroatoms. The van der Waals surface area contributed by atoms with Crippen LogP contribution in [0.25, 0.3) is 11.1 Å². The molecule has 1 aromatic heterocycles. The molecule has 3 aromatic rings. The van der Waals surface area contributed by atoms with Crippen molar-refractivity contribution in [2.24, 2.45) is 0 Å². The van der Waals surface area contributed by atoms with E-state index in [9.17, 15) is 13.6 Å². The normalized spacial score (nSPS) is 15.9. The second kappa shape index (κ2) is 7.24. The highest BCUT2D eigenvalue weighted by molar-refractivity contribution is 6.00. The molecular weight excluding hydrogens is 376 g/mol. The van der Waals surface area contributed by atoms with Crippen LogP contribution in [0, 0.1) is 18.6 Å². The smallest absolute Gasteiger partial charge is 0.220 e. The van der Waals surface area contributed by atoms with E-state index in [-0.39, 0.29) is 29.6 Å². The first-order chi connectivity index (χ1) is 13.9. The highest BCUT2D eigenvalue weighted by atomic mass is 19.1. The quantitative estimate of drug-likeness (QED) is 0.718. The summed E-state index contributed by atoms with van der Waals surface area (Å²) in [7, 11) is 1.48. The summed E-state index contributed by atoms with van der Waals surface area (Å²) in [4.78, 5) is 21.1. The minimum Gasteiger partial charge on any atom is -0.497 e. The van der Waals surface area contributed by atoms with Gasteiger partial charge in [-0.25, -0.2) is 18.7 Å². The standard InChI is InChI=1S/C22H19F2N3O2/c1-11-21-19(27-22(25)26-11)7-12(8-20(21)28)15-5-3-13(23)9-16(15)17-10-14(29-2)4-6-18(17)24/h3-6,9-10,12H,7-8H2,1-2H3,(H2,25,26,27). The first kappa shape index (κ1) is 19.0. The highest BCUT2D eigenvalue weighted by Gasteiger charge is 2.31. The molecule has 1 aliphatic rings. The molecule has 4 rings (SSSR count). The van der Waals surface area contributed by atoms with Gasteiger partial charge in [0.25, 0.3) is 0 Å². The monoisotopic (exact) mass is 395 g/mol. The zero-order valence-electron chi connectivity index (χ0n) is 16.0. The van der Waals surface area contributed by atoms with Crippen molar-refractivity contribution in [1.29, 1.82) is 0 Å². The molecule has 0 spiro atoms. The van der Waals surface area contributed by atoms with Crippen LogP contribution in [0.15, 0.2) is 36.4 Å². The number of methoxy groups -OCH3 is 1. The zero-order valence-corrected chi connectivity index (χ0v) is 16.0. The number of hydrogen-bond acceptors (Lipinski definition) is 5. The second-order valence-electron chi connectivity index (χ2n) is 7.09. The van der Waals surface area contributed by atoms with E-state index in [0.29, 0.717) is 40.2 Å². The Morgan fingerprint density at radius 1 is 1.07 bits per heavy atom. The van der Waals surface area contributed by atoms with Crippen LogP contribution in [0.1, 0.15) is 39.6 Å². The molecule has 1 heterocycles. The Hall–Kier alpha value is -3.35. The fourth-order valence-corrected chi connectivity index (χ4v) is 3.97. The number of aromatic nitrogens is 2. The molecule has 1 atom stereocenters. The molecule has 0 saturated heterocycles. The molecule has 0 fully saturated rings. The average Bonchev–Trinajstić information content (AvgIpc) is 2.67. The summed E-state index contributed by atoms with van der Waals surface area (Å²) >= 11 is 0. The van der Waals surface area contributed by atoms with Crippen LogP contribution in [0.5, 0.6) is 5.75 Å². The van der Waals surface area contributed by atoms with Crippen LogP contribution in [0.2, 0.25) is 0 Å². The number of halogens is 2. The van der Waals surface area contributed by atoms with Crippen molar-refractivity contribution in [3.8, 4) is 16.9 Å². The molecule has 2 aromatic carbocycles. The minimum atomic E-state index is -0.498. The number of anilines is 1. The Morgan fingerprint density at radius 3 is 2.62 bits per heavy atom. The number of rotatable bonds is 3. The van der Waals surface area contributed by atoms with Crippen LogP contribution in [-0.2, 0) is 6.42 Å². The van der Waals surface area contributed by atoms with Crippen molar-refractivity contribution in [3.05, 3.63) is 70.5 Å². The summed E-state index contributed by atoms with van der Waals surface area (Å²) in [6, 6.07) is 8.51. The van der Waals surface area contributed by atoms with Gasteiger partial charge in [-0.1, -0.05) is 6.07 Å². The van der Waals surface area contributed by atoms with Crippen molar-refractivity contribution in [2.45, 2.75) is 25.7 Å². The Balaban J connectivity index is 1.84. The number of carbonyl (C=O) groups is 1. The van der Waals surface area contributed by atoms with E-state index in [1.54, 1.807) is 13.0 Å². The van der Waals surface area contributed by atoms with Crippen molar-refractivity contribution < 1.29 is 18.3 Å². The number of nitrogen functional groups attached to an aromatic ring is 1. The van der Waals surface area contributed by atoms with Gasteiger partial charge in [-0.05, 0) is 60.7 Å². The van der Waals surface area contributed by atoms with E-state index in [2.05, 4.69) is 9.97 Å². The lowest BCUT2D eigenvalue weighted by atomic mass is 9.78. The number of fused-ring (bicyclic) bond motifs is 1. The van der Waals surface area contributed by atoms with Gasteiger partial charge in [0.05, 0.1) is 24.1 Å². The minimum absolute atomic E-state index is 0.102. The largest absolute Gasteiger partial charge is 0.497 e. The van der Waals surface area contributed by atoms with Crippen LogP contribution >= 0.6 is 0 Å². The average molecular weight is 395 g/mol. The molecule has 29 heavy (non-hydrogen) atoms. The number of nitrogens with zero attached hydrogens (tertiary/aromatic N) is 2. The SMILES string of the molecule is COc1ccc(F)c(-c2cc(F)ccc2C2CC(=O)c3c(C)nc(N)nc3C2)c1. The number of ketones is 1. The van der Waals surface area contributed by atoms with E-state index >= 15 is 0 Å². The van der Waals surface area contributed by atoms with Gasteiger partial charge in [-0.2, -0.15) is 0 Å². The van der Waals surface area contributed by atoms with Gasteiger partial charge in [-0.15, -0.1) is 0 Å². The lowest BCUT2D eigenvalue weighted by Crippen LogP contribution is -2.23. The molecule has 148 valence electrons. The summed E-state index contributed by atoms with van der Waals surface area (Å²) < 4.78 is 33.9. The van der Waals surface area contributed by atoms with Gasteiger partial charge in [-0.3, -0.25) is 4.79 Å². The number of nitrogens with two attached hydrogens (primary N) is 1. The van der Waals surface area contributed by atoms with Crippen molar-refractivity contribution in [1.82, 2.24) is 9.97 Å². The predicted octanol–water partition coefficient (Wildman–Crippen LogP) is 4.23. The molecular formula is C22H19F2N3O2. The Morgan fingerprint density at radius 2 is 1.86 bits per heavy atom. The topological polar surface area (TPSA) is 78.1 Å². The number of benzene rings is 2. The summed E-state index contributed by atoms with van der Waals surface area (Å²) in [5, 5.41) is 0. The Kier molecular flexibility index (Phi) is 4.74. The highest BCUT2D eigenvalue weighted by Crippen LogP contribution is 2.39. The van der Waals surface area contributed by atoms with Crippen LogP contribution in [0.3, 0.4) is 0 Å². The maximum atomic E-state index is 14.6. The number of ether oxygens (including phenoxy) is 1. The third kappa shape index (κ3) is 3.44. The Bertz CT molecular complexity index is 1130. The molecule has 5 nitrogen and oxygen atoms in total. The second-order valence-corrected chi connectivity index (χ2v) is 7.09. The fraction of sp³-hybridized carbons (Fsp3) is 0.227.